The van der Waals surface area contributed by atoms with Crippen molar-refractivity contribution in [1.29, 1.82) is 5.26 Å². The minimum atomic E-state index is -0.755. The summed E-state index contributed by atoms with van der Waals surface area (Å²) in [4.78, 5) is 2.37. The molecule has 0 radical (unpaired) electrons. The molecule has 0 spiro atoms. The van der Waals surface area contributed by atoms with Crippen LogP contribution in [0.2, 0.25) is 0 Å². The minimum absolute atomic E-state index is 0.488. The zero-order chi connectivity index (χ0) is 14.8. The Morgan fingerprint density at radius 1 is 1.20 bits per heavy atom. The summed E-state index contributed by atoms with van der Waals surface area (Å²) in [6.45, 7) is 9.63. The van der Waals surface area contributed by atoms with Crippen molar-refractivity contribution in [2.75, 3.05) is 19.6 Å². The molecule has 1 saturated heterocycles. The predicted octanol–water partition coefficient (Wildman–Crippen LogP) is 3.19. The smallest absolute Gasteiger partial charge is 0.0861 e. The van der Waals surface area contributed by atoms with Gasteiger partial charge in [0.05, 0.1) is 17.1 Å². The fourth-order valence-electron chi connectivity index (χ4n) is 4.20. The summed E-state index contributed by atoms with van der Waals surface area (Å²) in [5, 5.41) is 20.9. The highest BCUT2D eigenvalue weighted by atomic mass is 16.3. The van der Waals surface area contributed by atoms with Gasteiger partial charge in [0.2, 0.25) is 0 Å². The number of hydrogen-bond acceptors (Lipinski definition) is 3. The van der Waals surface area contributed by atoms with E-state index in [2.05, 4.69) is 31.7 Å². The molecule has 0 aromatic carbocycles. The molecule has 1 aliphatic carbocycles. The SMILES string of the molecule is CCN1CCC(O)(C2(C#N)CCC(C(C)C)CC2)CC1. The predicted molar refractivity (Wildman–Crippen MR) is 81.1 cm³/mol. The van der Waals surface area contributed by atoms with Gasteiger partial charge in [0, 0.05) is 13.1 Å². The minimum Gasteiger partial charge on any atom is -0.388 e. The highest BCUT2D eigenvalue weighted by molar-refractivity contribution is 5.14. The molecule has 0 amide bonds. The molecule has 3 nitrogen and oxygen atoms in total. The summed E-state index contributed by atoms with van der Waals surface area (Å²) in [6, 6.07) is 2.55. The van der Waals surface area contributed by atoms with Gasteiger partial charge in [0.25, 0.3) is 0 Å². The van der Waals surface area contributed by atoms with Crippen LogP contribution in [0.4, 0.5) is 0 Å². The molecule has 1 N–H and O–H groups in total. The Morgan fingerprint density at radius 2 is 1.75 bits per heavy atom. The fraction of sp³-hybridized carbons (Fsp3) is 0.941. The molecular weight excluding hydrogens is 248 g/mol. The lowest BCUT2D eigenvalue weighted by molar-refractivity contribution is -0.115. The van der Waals surface area contributed by atoms with E-state index in [-0.39, 0.29) is 0 Å². The van der Waals surface area contributed by atoms with Gasteiger partial charge < -0.3 is 10.0 Å². The molecule has 0 aromatic rings. The molecule has 20 heavy (non-hydrogen) atoms. The molecule has 3 heteroatoms. The van der Waals surface area contributed by atoms with Crippen molar-refractivity contribution in [3.8, 4) is 6.07 Å². The van der Waals surface area contributed by atoms with Crippen LogP contribution in [0.25, 0.3) is 0 Å². The van der Waals surface area contributed by atoms with Crippen molar-refractivity contribution < 1.29 is 5.11 Å². The number of aliphatic hydroxyl groups is 1. The average molecular weight is 278 g/mol. The first-order chi connectivity index (χ1) is 9.46. The molecule has 1 heterocycles. The normalized spacial score (nSPS) is 34.9. The molecule has 2 rings (SSSR count). The maximum Gasteiger partial charge on any atom is 0.0861 e. The molecule has 0 atom stereocenters. The van der Waals surface area contributed by atoms with E-state index in [4.69, 9.17) is 0 Å². The molecular formula is C17H30N2O. The molecule has 1 aliphatic heterocycles. The van der Waals surface area contributed by atoms with E-state index < -0.39 is 11.0 Å². The van der Waals surface area contributed by atoms with E-state index in [9.17, 15) is 10.4 Å². The standard InChI is InChI=1S/C17H30N2O/c1-4-19-11-9-17(20,10-12-19)16(13-18)7-5-15(6-8-16)14(2)3/h14-15,20H,4-12H2,1-3H3. The number of hydrogen-bond donors (Lipinski definition) is 1. The second-order valence-electron chi connectivity index (χ2n) is 7.24. The third kappa shape index (κ3) is 2.73. The molecule has 0 bridgehead atoms. The maximum absolute atomic E-state index is 11.1. The number of likely N-dealkylation sites (tertiary alicyclic amines) is 1. The van der Waals surface area contributed by atoms with Crippen LogP contribution in [0, 0.1) is 28.6 Å². The highest BCUT2D eigenvalue weighted by Gasteiger charge is 2.53. The van der Waals surface area contributed by atoms with Crippen molar-refractivity contribution in [1.82, 2.24) is 4.90 Å². The van der Waals surface area contributed by atoms with Gasteiger partial charge in [0.15, 0.2) is 0 Å². The van der Waals surface area contributed by atoms with Gasteiger partial charge in [-0.05, 0) is 56.9 Å². The molecule has 0 aromatic heterocycles. The molecule has 114 valence electrons. The Labute approximate surface area is 124 Å². The molecule has 1 saturated carbocycles. The Morgan fingerprint density at radius 3 is 2.15 bits per heavy atom. The lowest BCUT2D eigenvalue weighted by atomic mass is 9.58. The van der Waals surface area contributed by atoms with Crippen molar-refractivity contribution >= 4 is 0 Å². The lowest BCUT2D eigenvalue weighted by Gasteiger charge is -2.50. The van der Waals surface area contributed by atoms with Crippen LogP contribution in [0.15, 0.2) is 0 Å². The first kappa shape index (κ1) is 15.8. The summed E-state index contributed by atoms with van der Waals surface area (Å²) < 4.78 is 0. The van der Waals surface area contributed by atoms with Crippen LogP contribution in [0.1, 0.15) is 59.3 Å². The average Bonchev–Trinajstić information content (AvgIpc) is 2.48. The second kappa shape index (κ2) is 6.03. The van der Waals surface area contributed by atoms with E-state index >= 15 is 0 Å². The van der Waals surface area contributed by atoms with Gasteiger partial charge in [-0.1, -0.05) is 20.8 Å². The van der Waals surface area contributed by atoms with Crippen LogP contribution < -0.4 is 0 Å². The van der Waals surface area contributed by atoms with E-state index in [1.54, 1.807) is 0 Å². The summed E-state index contributed by atoms with van der Waals surface area (Å²) in [6.07, 6.45) is 5.50. The highest BCUT2D eigenvalue weighted by Crippen LogP contribution is 2.51. The van der Waals surface area contributed by atoms with E-state index in [0.29, 0.717) is 5.92 Å². The van der Waals surface area contributed by atoms with Crippen molar-refractivity contribution in [3.63, 3.8) is 0 Å². The Bertz CT molecular complexity index is 356. The third-order valence-electron chi connectivity index (χ3n) is 6.06. The molecule has 2 fully saturated rings. The van der Waals surface area contributed by atoms with Gasteiger partial charge in [-0.3, -0.25) is 0 Å². The quantitative estimate of drug-likeness (QED) is 0.862. The van der Waals surface area contributed by atoms with E-state index in [1.807, 2.05) is 0 Å². The van der Waals surface area contributed by atoms with Crippen LogP contribution in [-0.4, -0.2) is 35.2 Å². The van der Waals surface area contributed by atoms with Gasteiger partial charge >= 0.3 is 0 Å². The number of piperidine rings is 1. The summed E-state index contributed by atoms with van der Waals surface area (Å²) in [5.74, 6) is 1.43. The molecule has 2 aliphatic rings. The third-order valence-corrected chi connectivity index (χ3v) is 6.06. The first-order valence-electron chi connectivity index (χ1n) is 8.32. The van der Waals surface area contributed by atoms with Gasteiger partial charge in [-0.15, -0.1) is 0 Å². The Balaban J connectivity index is 2.07. The summed E-state index contributed by atoms with van der Waals surface area (Å²) in [5.41, 5.74) is -1.24. The van der Waals surface area contributed by atoms with Crippen LogP contribution in [0.3, 0.4) is 0 Å². The van der Waals surface area contributed by atoms with Crippen LogP contribution >= 0.6 is 0 Å². The van der Waals surface area contributed by atoms with Crippen molar-refractivity contribution in [2.24, 2.45) is 17.3 Å². The summed E-state index contributed by atoms with van der Waals surface area (Å²) >= 11 is 0. The molecule has 0 unspecified atom stereocenters. The summed E-state index contributed by atoms with van der Waals surface area (Å²) in [7, 11) is 0. The van der Waals surface area contributed by atoms with Crippen molar-refractivity contribution in [2.45, 2.75) is 64.9 Å². The maximum atomic E-state index is 11.1. The largest absolute Gasteiger partial charge is 0.388 e. The first-order valence-corrected chi connectivity index (χ1v) is 8.32. The second-order valence-corrected chi connectivity index (χ2v) is 7.24. The van der Waals surface area contributed by atoms with Crippen LogP contribution in [0.5, 0.6) is 0 Å². The zero-order valence-corrected chi connectivity index (χ0v) is 13.4. The fourth-order valence-corrected chi connectivity index (χ4v) is 4.20. The number of nitriles is 1. The zero-order valence-electron chi connectivity index (χ0n) is 13.4. The van der Waals surface area contributed by atoms with Crippen molar-refractivity contribution in [3.05, 3.63) is 0 Å². The number of rotatable bonds is 3. The van der Waals surface area contributed by atoms with Gasteiger partial charge in [0.1, 0.15) is 0 Å². The van der Waals surface area contributed by atoms with Gasteiger partial charge in [-0.2, -0.15) is 5.26 Å². The van der Waals surface area contributed by atoms with E-state index in [1.165, 1.54) is 0 Å². The number of nitrogens with zero attached hydrogens (tertiary/aromatic N) is 2. The lowest BCUT2D eigenvalue weighted by Crippen LogP contribution is -2.55. The van der Waals surface area contributed by atoms with Gasteiger partial charge in [-0.25, -0.2) is 0 Å². The van der Waals surface area contributed by atoms with E-state index in [0.717, 1.165) is 64.1 Å². The monoisotopic (exact) mass is 278 g/mol. The Kier molecular flexibility index (Phi) is 4.76. The topological polar surface area (TPSA) is 47.3 Å². The van der Waals surface area contributed by atoms with Crippen LogP contribution in [-0.2, 0) is 0 Å². The Hall–Kier alpha value is -0.590.